The van der Waals surface area contributed by atoms with Crippen LogP contribution in [0.2, 0.25) is 0 Å². The largest absolute Gasteiger partial charge is 0.322 e. The fraction of sp³-hybridized carbons (Fsp3) is 0.0909. The fourth-order valence-corrected chi connectivity index (χ4v) is 0.904. The number of anilines is 1. The molecule has 0 saturated carbocycles. The number of carbonyl (C=O) groups is 1. The highest BCUT2D eigenvalue weighted by Crippen LogP contribution is 2.10. The first-order valence-corrected chi connectivity index (χ1v) is 4.10. The van der Waals surface area contributed by atoms with Crippen molar-refractivity contribution in [2.24, 2.45) is 0 Å². The summed E-state index contributed by atoms with van der Waals surface area (Å²) >= 11 is 0. The topological polar surface area (TPSA) is 52.9 Å². The lowest BCUT2D eigenvalue weighted by molar-refractivity contribution is -0.112. The zero-order valence-corrected chi connectivity index (χ0v) is 7.87. The van der Waals surface area contributed by atoms with Crippen LogP contribution in [0.3, 0.4) is 0 Å². The molecule has 1 rings (SSSR count). The highest BCUT2D eigenvalue weighted by molar-refractivity contribution is 6.02. The maximum atomic E-state index is 11.2. The Labute approximate surface area is 82.7 Å². The third kappa shape index (κ3) is 2.46. The minimum absolute atomic E-state index is 0.236. The van der Waals surface area contributed by atoms with Crippen molar-refractivity contribution >= 4 is 11.6 Å². The van der Waals surface area contributed by atoms with Gasteiger partial charge in [0.1, 0.15) is 0 Å². The molecule has 70 valence electrons. The molecule has 1 aromatic carbocycles. The predicted octanol–water partition coefficient (Wildman–Crippen LogP) is 2.07. The minimum atomic E-state index is -0.236. The van der Waals surface area contributed by atoms with Crippen molar-refractivity contribution in [2.45, 2.75) is 6.92 Å². The van der Waals surface area contributed by atoms with E-state index in [1.807, 2.05) is 6.07 Å². The molecule has 0 aliphatic heterocycles. The summed E-state index contributed by atoms with van der Waals surface area (Å²) in [5, 5.41) is 11.3. The van der Waals surface area contributed by atoms with Gasteiger partial charge in [0.05, 0.1) is 11.6 Å². The summed E-state index contributed by atoms with van der Waals surface area (Å²) in [6, 6.07) is 8.72. The van der Waals surface area contributed by atoms with Crippen LogP contribution < -0.4 is 5.32 Å². The maximum Gasteiger partial charge on any atom is 0.250 e. The number of amides is 1. The van der Waals surface area contributed by atoms with E-state index in [0.29, 0.717) is 16.8 Å². The van der Waals surface area contributed by atoms with Crippen LogP contribution in [0.15, 0.2) is 36.4 Å². The van der Waals surface area contributed by atoms with Crippen molar-refractivity contribution < 1.29 is 4.79 Å². The van der Waals surface area contributed by atoms with Gasteiger partial charge in [-0.25, -0.2) is 0 Å². The number of nitrogens with one attached hydrogen (secondary N) is 1. The van der Waals surface area contributed by atoms with E-state index in [1.165, 1.54) is 0 Å². The molecule has 0 aliphatic carbocycles. The van der Waals surface area contributed by atoms with E-state index >= 15 is 0 Å². The van der Waals surface area contributed by atoms with Crippen molar-refractivity contribution in [1.82, 2.24) is 0 Å². The van der Waals surface area contributed by atoms with Crippen LogP contribution in [0.4, 0.5) is 5.69 Å². The molecule has 1 amide bonds. The molecule has 0 radical (unpaired) electrons. The molecule has 0 aromatic heterocycles. The molecule has 3 heteroatoms. The van der Waals surface area contributed by atoms with Gasteiger partial charge < -0.3 is 5.32 Å². The number of nitrogens with zero attached hydrogens (tertiary/aromatic N) is 1. The number of hydrogen-bond donors (Lipinski definition) is 1. The molecule has 14 heavy (non-hydrogen) atoms. The summed E-state index contributed by atoms with van der Waals surface area (Å²) < 4.78 is 0. The Morgan fingerprint density at radius 1 is 1.57 bits per heavy atom. The molecule has 0 spiro atoms. The first-order valence-electron chi connectivity index (χ1n) is 4.10. The van der Waals surface area contributed by atoms with E-state index in [9.17, 15) is 4.79 Å². The molecule has 0 atom stereocenters. The second kappa shape index (κ2) is 4.24. The zero-order valence-electron chi connectivity index (χ0n) is 7.87. The number of benzene rings is 1. The molecule has 0 unspecified atom stereocenters. The minimum Gasteiger partial charge on any atom is -0.322 e. The smallest absolute Gasteiger partial charge is 0.250 e. The zero-order chi connectivity index (χ0) is 10.6. The van der Waals surface area contributed by atoms with Crippen LogP contribution in [0.25, 0.3) is 0 Å². The third-order valence-electron chi connectivity index (χ3n) is 1.64. The van der Waals surface area contributed by atoms with E-state index in [0.717, 1.165) is 0 Å². The molecular weight excluding hydrogens is 176 g/mol. The fourth-order valence-electron chi connectivity index (χ4n) is 0.904. The average molecular weight is 186 g/mol. The molecule has 0 heterocycles. The van der Waals surface area contributed by atoms with Crippen LogP contribution in [-0.4, -0.2) is 5.91 Å². The number of hydrogen-bond acceptors (Lipinski definition) is 2. The first-order chi connectivity index (χ1) is 6.63. The lowest BCUT2D eigenvalue weighted by Crippen LogP contribution is -2.11. The average Bonchev–Trinajstić information content (AvgIpc) is 2.18. The van der Waals surface area contributed by atoms with Crippen LogP contribution >= 0.6 is 0 Å². The first kappa shape index (κ1) is 10.0. The Bertz CT molecular complexity index is 416. The normalized spacial score (nSPS) is 8.86. The highest BCUT2D eigenvalue weighted by atomic mass is 16.1. The Morgan fingerprint density at radius 3 is 2.86 bits per heavy atom. The van der Waals surface area contributed by atoms with Gasteiger partial charge in [0.25, 0.3) is 5.91 Å². The Kier molecular flexibility index (Phi) is 3.03. The van der Waals surface area contributed by atoms with Gasteiger partial charge in [-0.3, -0.25) is 4.79 Å². The Morgan fingerprint density at radius 2 is 2.29 bits per heavy atom. The number of nitriles is 1. The van der Waals surface area contributed by atoms with Gasteiger partial charge in [-0.15, -0.1) is 0 Å². The van der Waals surface area contributed by atoms with Crippen molar-refractivity contribution in [2.75, 3.05) is 5.32 Å². The quantitative estimate of drug-likeness (QED) is 0.719. The van der Waals surface area contributed by atoms with E-state index in [4.69, 9.17) is 5.26 Å². The number of carbonyl (C=O) groups excluding carboxylic acids is 1. The highest BCUT2D eigenvalue weighted by Gasteiger charge is 2.02. The maximum absolute atomic E-state index is 11.2. The van der Waals surface area contributed by atoms with Crippen LogP contribution in [0, 0.1) is 11.3 Å². The van der Waals surface area contributed by atoms with E-state index in [2.05, 4.69) is 11.9 Å². The van der Waals surface area contributed by atoms with Gasteiger partial charge in [0.15, 0.2) is 0 Å². The van der Waals surface area contributed by atoms with Gasteiger partial charge >= 0.3 is 0 Å². The molecule has 1 N–H and O–H groups in total. The molecule has 0 fully saturated rings. The SMILES string of the molecule is C=C(C)C(=O)Nc1cccc(C#N)c1. The van der Waals surface area contributed by atoms with Gasteiger partial charge in [0, 0.05) is 11.3 Å². The summed E-state index contributed by atoms with van der Waals surface area (Å²) in [6.45, 7) is 5.15. The summed E-state index contributed by atoms with van der Waals surface area (Å²) in [6.07, 6.45) is 0. The van der Waals surface area contributed by atoms with Gasteiger partial charge in [-0.1, -0.05) is 12.6 Å². The molecular formula is C11H10N2O. The summed E-state index contributed by atoms with van der Waals surface area (Å²) in [4.78, 5) is 11.2. The second-order valence-electron chi connectivity index (χ2n) is 2.93. The van der Waals surface area contributed by atoms with Crippen LogP contribution in [0.5, 0.6) is 0 Å². The van der Waals surface area contributed by atoms with Gasteiger partial charge in [0.2, 0.25) is 0 Å². The van der Waals surface area contributed by atoms with Gasteiger partial charge in [-0.2, -0.15) is 5.26 Å². The lowest BCUT2D eigenvalue weighted by Gasteiger charge is -2.03. The predicted molar refractivity (Wildman–Crippen MR) is 54.6 cm³/mol. The molecule has 0 saturated heterocycles. The van der Waals surface area contributed by atoms with Crippen LogP contribution in [0.1, 0.15) is 12.5 Å². The van der Waals surface area contributed by atoms with E-state index in [-0.39, 0.29) is 5.91 Å². The standard InChI is InChI=1S/C11H10N2O/c1-8(2)11(14)13-10-5-3-4-9(6-10)7-12/h3-6H,1H2,2H3,(H,13,14). The van der Waals surface area contributed by atoms with Crippen molar-refractivity contribution in [3.8, 4) is 6.07 Å². The van der Waals surface area contributed by atoms with Crippen molar-refractivity contribution in [1.29, 1.82) is 5.26 Å². The lowest BCUT2D eigenvalue weighted by atomic mass is 10.2. The Hall–Kier alpha value is -2.08. The Balaban J connectivity index is 2.83. The summed E-state index contributed by atoms with van der Waals surface area (Å²) in [5.74, 6) is -0.236. The van der Waals surface area contributed by atoms with Crippen molar-refractivity contribution in [3.63, 3.8) is 0 Å². The summed E-state index contributed by atoms with van der Waals surface area (Å²) in [7, 11) is 0. The van der Waals surface area contributed by atoms with Crippen molar-refractivity contribution in [3.05, 3.63) is 42.0 Å². The van der Waals surface area contributed by atoms with Crippen LogP contribution in [-0.2, 0) is 4.79 Å². The monoisotopic (exact) mass is 186 g/mol. The van der Waals surface area contributed by atoms with E-state index < -0.39 is 0 Å². The third-order valence-corrected chi connectivity index (χ3v) is 1.64. The summed E-state index contributed by atoms with van der Waals surface area (Å²) in [5.41, 5.74) is 1.56. The molecule has 0 aliphatic rings. The molecule has 3 nitrogen and oxygen atoms in total. The molecule has 0 bridgehead atoms. The van der Waals surface area contributed by atoms with Gasteiger partial charge in [-0.05, 0) is 25.1 Å². The molecule has 1 aromatic rings. The number of rotatable bonds is 2. The van der Waals surface area contributed by atoms with E-state index in [1.54, 1.807) is 31.2 Å². The second-order valence-corrected chi connectivity index (χ2v) is 2.93.